The van der Waals surface area contributed by atoms with E-state index in [0.29, 0.717) is 29.4 Å². The topological polar surface area (TPSA) is 97.4 Å². The van der Waals surface area contributed by atoms with Crippen molar-refractivity contribution in [2.45, 2.75) is 26.3 Å². The first-order valence-electron chi connectivity index (χ1n) is 10.8. The highest BCUT2D eigenvalue weighted by Crippen LogP contribution is 2.35. The lowest BCUT2D eigenvalue weighted by Gasteiger charge is -2.23. The minimum Gasteiger partial charge on any atom is -0.397 e. The van der Waals surface area contributed by atoms with Crippen molar-refractivity contribution in [1.29, 1.82) is 0 Å². The van der Waals surface area contributed by atoms with E-state index >= 15 is 0 Å². The second-order valence-corrected chi connectivity index (χ2v) is 7.56. The second-order valence-electron chi connectivity index (χ2n) is 7.56. The molecule has 0 bridgehead atoms. The number of nitrogens with two attached hydrogens (primary N) is 1. The highest BCUT2D eigenvalue weighted by atomic mass is 19.4. The highest BCUT2D eigenvalue weighted by molar-refractivity contribution is 5.90. The van der Waals surface area contributed by atoms with E-state index in [0.717, 1.165) is 11.1 Å². The van der Waals surface area contributed by atoms with Gasteiger partial charge in [0.1, 0.15) is 12.8 Å². The van der Waals surface area contributed by atoms with Gasteiger partial charge in [0, 0.05) is 35.9 Å². The largest absolute Gasteiger partial charge is 0.405 e. The second kappa shape index (κ2) is 11.0. The Morgan fingerprint density at radius 3 is 2.71 bits per heavy atom. The van der Waals surface area contributed by atoms with Gasteiger partial charge in [-0.3, -0.25) is 0 Å². The Bertz CT molecular complexity index is 1180. The molecule has 3 aromatic rings. The third-order valence-electron chi connectivity index (χ3n) is 5.02. The van der Waals surface area contributed by atoms with Crippen LogP contribution >= 0.6 is 0 Å². The number of nitrogens with zero attached hydrogens (tertiary/aromatic N) is 3. The lowest BCUT2D eigenvalue weighted by molar-refractivity contribution is -0.122. The first-order chi connectivity index (χ1) is 16.6. The molecule has 2 aromatic carbocycles. The molecule has 0 saturated carbocycles. The van der Waals surface area contributed by atoms with Gasteiger partial charge in [-0.2, -0.15) is 18.3 Å². The number of hydrogen-bond acceptors (Lipinski definition) is 5. The van der Waals surface area contributed by atoms with Crippen molar-refractivity contribution in [3.05, 3.63) is 67.6 Å². The predicted molar refractivity (Wildman–Crippen MR) is 130 cm³/mol. The number of carbonyl (C=O) groups excluding carboxylic acids is 1. The van der Waals surface area contributed by atoms with Crippen LogP contribution < -0.4 is 21.3 Å². The van der Waals surface area contributed by atoms with Crippen LogP contribution in [0.4, 0.5) is 40.7 Å². The smallest absolute Gasteiger partial charge is 0.397 e. The summed E-state index contributed by atoms with van der Waals surface area (Å²) >= 11 is 0. The first-order valence-corrected chi connectivity index (χ1v) is 10.8. The van der Waals surface area contributed by atoms with Crippen LogP contribution in [0.5, 0.6) is 0 Å². The number of ether oxygens (including phenoxy) is 1. The molecule has 1 atom stereocenters. The monoisotopic (exact) mass is 488 g/mol. The number of aromatic nitrogens is 2. The van der Waals surface area contributed by atoms with Crippen molar-refractivity contribution < 1.29 is 22.7 Å². The molecule has 8 nitrogen and oxygen atoms in total. The Balaban J connectivity index is 1.79. The van der Waals surface area contributed by atoms with Crippen molar-refractivity contribution in [2.24, 2.45) is 0 Å². The van der Waals surface area contributed by atoms with Gasteiger partial charge in [-0.15, -0.1) is 0 Å². The van der Waals surface area contributed by atoms with Crippen LogP contribution in [0.1, 0.15) is 20.1 Å². The van der Waals surface area contributed by atoms with E-state index in [1.54, 1.807) is 51.6 Å². The number of nitrogen functional groups attached to an aromatic ring is 1. The molecule has 0 spiro atoms. The molecule has 2 amide bonds. The third-order valence-corrected chi connectivity index (χ3v) is 5.02. The first kappa shape index (κ1) is 25.6. The molecular weight excluding hydrogens is 461 g/mol. The zero-order valence-electron chi connectivity index (χ0n) is 19.3. The molecule has 1 aromatic heterocycles. The molecule has 1 heterocycles. The Morgan fingerprint density at radius 1 is 1.29 bits per heavy atom. The third kappa shape index (κ3) is 6.76. The van der Waals surface area contributed by atoms with Gasteiger partial charge in [0.25, 0.3) is 0 Å². The highest BCUT2D eigenvalue weighted by Gasteiger charge is 2.27. The fraction of sp³-hybridized carbons (Fsp3) is 0.250. The zero-order chi connectivity index (χ0) is 25.6. The number of alkyl halides is 3. The number of urea groups is 1. The summed E-state index contributed by atoms with van der Waals surface area (Å²) in [5.41, 5.74) is 10.1. The van der Waals surface area contributed by atoms with E-state index in [1.807, 2.05) is 38.2 Å². The minimum absolute atomic E-state index is 0.196. The number of benzene rings is 2. The Morgan fingerprint density at radius 2 is 2.06 bits per heavy atom. The number of hydrogen-bond donors (Lipinski definition) is 3. The standard InChI is InChI=1S/C24H27F3N6O2/c1-4-32(20-8-6-7-19(12-20)31-23(34)29-15-24(25,26)27)22-10-9-17(11-21(22)28)18-13-30-33(14-18)16(3)35-5-2/h4,6-14,16H,1,5,15,28H2,2-3H3,(H2,29,31,34). The fourth-order valence-corrected chi connectivity index (χ4v) is 3.39. The van der Waals surface area contributed by atoms with E-state index in [1.165, 1.54) is 0 Å². The van der Waals surface area contributed by atoms with E-state index in [4.69, 9.17) is 10.5 Å². The van der Waals surface area contributed by atoms with Crippen LogP contribution in [0, 0.1) is 0 Å². The zero-order valence-corrected chi connectivity index (χ0v) is 19.3. The van der Waals surface area contributed by atoms with Crippen LogP contribution in [0.3, 0.4) is 0 Å². The van der Waals surface area contributed by atoms with Gasteiger partial charge in [-0.05, 0) is 49.7 Å². The lowest BCUT2D eigenvalue weighted by Crippen LogP contribution is -2.36. The summed E-state index contributed by atoms with van der Waals surface area (Å²) in [6.45, 7) is 6.81. The normalized spacial score (nSPS) is 12.1. The number of halogens is 3. The minimum atomic E-state index is -4.50. The molecule has 1 unspecified atom stereocenters. The van der Waals surface area contributed by atoms with Gasteiger partial charge in [0.2, 0.25) is 0 Å². The van der Waals surface area contributed by atoms with Crippen LogP contribution in [-0.4, -0.2) is 35.1 Å². The maximum Gasteiger partial charge on any atom is 0.405 e. The predicted octanol–water partition coefficient (Wildman–Crippen LogP) is 5.65. The molecule has 0 radical (unpaired) electrons. The summed E-state index contributed by atoms with van der Waals surface area (Å²) in [6.07, 6.45) is 0.462. The lowest BCUT2D eigenvalue weighted by atomic mass is 10.1. The molecule has 0 aliphatic heterocycles. The van der Waals surface area contributed by atoms with Crippen LogP contribution in [-0.2, 0) is 4.74 Å². The molecule has 0 saturated heterocycles. The van der Waals surface area contributed by atoms with Crippen molar-refractivity contribution in [1.82, 2.24) is 15.1 Å². The summed E-state index contributed by atoms with van der Waals surface area (Å²) in [7, 11) is 0. The van der Waals surface area contributed by atoms with Gasteiger partial charge in [-0.1, -0.05) is 18.7 Å². The van der Waals surface area contributed by atoms with Gasteiger partial charge < -0.3 is 26.0 Å². The number of carbonyl (C=O) groups is 1. The maximum absolute atomic E-state index is 12.3. The summed E-state index contributed by atoms with van der Waals surface area (Å²) in [5.74, 6) is 0. The van der Waals surface area contributed by atoms with Gasteiger partial charge in [0.05, 0.1) is 17.6 Å². The summed E-state index contributed by atoms with van der Waals surface area (Å²) in [4.78, 5) is 13.5. The average Bonchev–Trinajstić information content (AvgIpc) is 3.30. The average molecular weight is 489 g/mol. The molecule has 11 heteroatoms. The van der Waals surface area contributed by atoms with Gasteiger partial charge >= 0.3 is 12.2 Å². The molecule has 35 heavy (non-hydrogen) atoms. The number of nitrogens with one attached hydrogen (secondary N) is 2. The van der Waals surface area contributed by atoms with Crippen LogP contribution in [0.2, 0.25) is 0 Å². The molecule has 0 aliphatic carbocycles. The van der Waals surface area contributed by atoms with Crippen molar-refractivity contribution >= 4 is 28.8 Å². The van der Waals surface area contributed by atoms with E-state index < -0.39 is 18.8 Å². The number of anilines is 4. The van der Waals surface area contributed by atoms with Gasteiger partial charge in [-0.25, -0.2) is 9.48 Å². The summed E-state index contributed by atoms with van der Waals surface area (Å²) in [6, 6.07) is 11.1. The molecule has 0 aliphatic rings. The van der Waals surface area contributed by atoms with E-state index in [9.17, 15) is 18.0 Å². The van der Waals surface area contributed by atoms with Crippen LogP contribution in [0.25, 0.3) is 11.1 Å². The Kier molecular flexibility index (Phi) is 8.02. The fourth-order valence-electron chi connectivity index (χ4n) is 3.39. The van der Waals surface area contributed by atoms with E-state index in [-0.39, 0.29) is 6.23 Å². The summed E-state index contributed by atoms with van der Waals surface area (Å²) in [5, 5.41) is 8.50. The number of amides is 2. The van der Waals surface area contributed by atoms with Crippen LogP contribution in [0.15, 0.2) is 67.6 Å². The maximum atomic E-state index is 12.3. The van der Waals surface area contributed by atoms with Gasteiger partial charge in [0.15, 0.2) is 0 Å². The van der Waals surface area contributed by atoms with Crippen molar-refractivity contribution in [3.63, 3.8) is 0 Å². The molecule has 186 valence electrons. The molecule has 3 rings (SSSR count). The summed E-state index contributed by atoms with van der Waals surface area (Å²) < 4.78 is 44.2. The molecule has 4 N–H and O–H groups in total. The molecule has 0 fully saturated rings. The number of rotatable bonds is 9. The van der Waals surface area contributed by atoms with Crippen molar-refractivity contribution in [3.8, 4) is 11.1 Å². The van der Waals surface area contributed by atoms with E-state index in [2.05, 4.69) is 17.0 Å². The Labute approximate surface area is 201 Å². The van der Waals surface area contributed by atoms with Crippen molar-refractivity contribution in [2.75, 3.05) is 29.1 Å². The SMILES string of the molecule is C=CN(c1cccc(NC(=O)NCC(F)(F)F)c1)c1ccc(-c2cnn(C(C)OCC)c2)cc1N. The Hall–Kier alpha value is -3.99. The quantitative estimate of drug-likeness (QED) is 0.338. The molecular formula is C24H27F3N6O2.